The number of halogens is 1. The van der Waals surface area contributed by atoms with Crippen LogP contribution in [0.3, 0.4) is 0 Å². The number of rotatable bonds is 4. The second-order valence-electron chi connectivity index (χ2n) is 7.04. The van der Waals surface area contributed by atoms with Crippen LogP contribution in [0.5, 0.6) is 0 Å². The van der Waals surface area contributed by atoms with Gasteiger partial charge in [-0.3, -0.25) is 9.78 Å². The van der Waals surface area contributed by atoms with Crippen molar-refractivity contribution in [2.45, 2.75) is 25.8 Å². The smallest absolute Gasteiger partial charge is 0.255 e. The van der Waals surface area contributed by atoms with Crippen LogP contribution in [0.1, 0.15) is 40.6 Å². The van der Waals surface area contributed by atoms with Crippen molar-refractivity contribution in [2.75, 3.05) is 17.6 Å². The molecule has 1 unspecified atom stereocenters. The number of aromatic nitrogens is 3. The number of aryl methyl sites for hydroxylation is 1. The molecule has 1 fully saturated rings. The SMILES string of the molecule is Cc1cc(Nc2ccc(F)cn2)cc(C2CCCN2C(=O)c2ccc(N)nc2)n1. The van der Waals surface area contributed by atoms with Gasteiger partial charge in [0.2, 0.25) is 0 Å². The molecule has 1 aliphatic rings. The fourth-order valence-corrected chi connectivity index (χ4v) is 3.55. The number of amides is 1. The van der Waals surface area contributed by atoms with Crippen LogP contribution in [0.25, 0.3) is 0 Å². The summed E-state index contributed by atoms with van der Waals surface area (Å²) in [6.07, 6.45) is 4.40. The predicted molar refractivity (Wildman–Crippen MR) is 108 cm³/mol. The third-order valence-corrected chi connectivity index (χ3v) is 4.86. The second-order valence-corrected chi connectivity index (χ2v) is 7.04. The minimum absolute atomic E-state index is 0.0852. The van der Waals surface area contributed by atoms with Crippen molar-refractivity contribution >= 4 is 23.2 Å². The van der Waals surface area contributed by atoms with Gasteiger partial charge in [0.05, 0.1) is 23.5 Å². The molecule has 4 rings (SSSR count). The summed E-state index contributed by atoms with van der Waals surface area (Å²) >= 11 is 0. The summed E-state index contributed by atoms with van der Waals surface area (Å²) in [6, 6.07) is 9.92. The Morgan fingerprint density at radius 2 is 2.07 bits per heavy atom. The number of nitrogen functional groups attached to an aromatic ring is 1. The van der Waals surface area contributed by atoms with Gasteiger partial charge in [-0.1, -0.05) is 0 Å². The lowest BCUT2D eigenvalue weighted by molar-refractivity contribution is 0.0732. The first-order valence-electron chi connectivity index (χ1n) is 9.39. The molecule has 7 nitrogen and oxygen atoms in total. The molecule has 29 heavy (non-hydrogen) atoms. The highest BCUT2D eigenvalue weighted by Gasteiger charge is 2.32. The van der Waals surface area contributed by atoms with E-state index in [1.807, 2.05) is 24.0 Å². The lowest BCUT2D eigenvalue weighted by atomic mass is 10.1. The van der Waals surface area contributed by atoms with E-state index in [0.717, 1.165) is 36.1 Å². The van der Waals surface area contributed by atoms with Gasteiger partial charge < -0.3 is 16.0 Å². The van der Waals surface area contributed by atoms with E-state index in [2.05, 4.69) is 20.3 Å². The van der Waals surface area contributed by atoms with Crippen LogP contribution in [0.2, 0.25) is 0 Å². The maximum Gasteiger partial charge on any atom is 0.255 e. The van der Waals surface area contributed by atoms with Crippen molar-refractivity contribution in [1.82, 2.24) is 19.9 Å². The lowest BCUT2D eigenvalue weighted by Gasteiger charge is -2.25. The van der Waals surface area contributed by atoms with Crippen LogP contribution >= 0.6 is 0 Å². The van der Waals surface area contributed by atoms with Crippen molar-refractivity contribution in [3.63, 3.8) is 0 Å². The third kappa shape index (κ3) is 4.16. The zero-order valence-corrected chi connectivity index (χ0v) is 16.0. The summed E-state index contributed by atoms with van der Waals surface area (Å²) in [5.74, 6) is 0.442. The van der Waals surface area contributed by atoms with Crippen LogP contribution in [0, 0.1) is 12.7 Å². The zero-order valence-electron chi connectivity index (χ0n) is 16.0. The molecule has 3 aromatic rings. The van der Waals surface area contributed by atoms with Gasteiger partial charge in [0.1, 0.15) is 17.5 Å². The Labute approximate surface area is 167 Å². The van der Waals surface area contributed by atoms with Crippen molar-refractivity contribution in [3.05, 3.63) is 71.6 Å². The lowest BCUT2D eigenvalue weighted by Crippen LogP contribution is -2.31. The number of carbonyl (C=O) groups excluding carboxylic acids is 1. The fraction of sp³-hybridized carbons (Fsp3) is 0.238. The zero-order chi connectivity index (χ0) is 20.4. The Hall–Kier alpha value is -3.55. The largest absolute Gasteiger partial charge is 0.384 e. The first-order chi connectivity index (χ1) is 14.0. The minimum Gasteiger partial charge on any atom is -0.384 e. The van der Waals surface area contributed by atoms with Gasteiger partial charge in [-0.2, -0.15) is 0 Å². The van der Waals surface area contributed by atoms with Gasteiger partial charge in [0, 0.05) is 24.1 Å². The molecule has 4 heterocycles. The number of nitrogens with one attached hydrogen (secondary N) is 1. The molecule has 3 aromatic heterocycles. The predicted octanol–water partition coefficient (Wildman–Crippen LogP) is 3.62. The monoisotopic (exact) mass is 392 g/mol. The fourth-order valence-electron chi connectivity index (χ4n) is 3.55. The minimum atomic E-state index is -0.389. The molecular formula is C21H21FN6O. The molecule has 0 spiro atoms. The van der Waals surface area contributed by atoms with E-state index in [-0.39, 0.29) is 17.8 Å². The Kier molecular flexibility index (Phi) is 5.07. The summed E-state index contributed by atoms with van der Waals surface area (Å²) in [5, 5.41) is 3.17. The summed E-state index contributed by atoms with van der Waals surface area (Å²) in [4.78, 5) is 27.5. The van der Waals surface area contributed by atoms with Crippen molar-refractivity contribution in [3.8, 4) is 0 Å². The molecule has 0 radical (unpaired) electrons. The molecule has 148 valence electrons. The number of carbonyl (C=O) groups is 1. The van der Waals surface area contributed by atoms with Crippen LogP contribution in [0.15, 0.2) is 48.8 Å². The van der Waals surface area contributed by atoms with Crippen LogP contribution < -0.4 is 11.1 Å². The topological polar surface area (TPSA) is 97.0 Å². The van der Waals surface area contributed by atoms with Crippen LogP contribution in [0.4, 0.5) is 21.7 Å². The molecule has 1 atom stereocenters. The molecule has 0 aromatic carbocycles. The van der Waals surface area contributed by atoms with Gasteiger partial charge in [-0.25, -0.2) is 14.4 Å². The molecule has 3 N–H and O–H groups in total. The number of likely N-dealkylation sites (tertiary alicyclic amines) is 1. The second kappa shape index (κ2) is 7.83. The highest BCUT2D eigenvalue weighted by molar-refractivity contribution is 5.94. The molecule has 8 heteroatoms. The average Bonchev–Trinajstić information content (AvgIpc) is 3.19. The van der Waals surface area contributed by atoms with E-state index in [4.69, 9.17) is 5.73 Å². The molecule has 0 saturated carbocycles. The summed E-state index contributed by atoms with van der Waals surface area (Å²) in [6.45, 7) is 2.56. The standard InChI is InChI=1S/C21H21FN6O/c1-13-9-16(27-20-7-5-15(22)12-25-20)10-17(26-13)18-3-2-8-28(18)21(29)14-4-6-19(23)24-11-14/h4-7,9-12,18H,2-3,8H2,1H3,(H2,23,24)(H,25,26,27). The highest BCUT2D eigenvalue weighted by Crippen LogP contribution is 2.33. The number of hydrogen-bond donors (Lipinski definition) is 2. The molecule has 1 aliphatic heterocycles. The number of nitrogens with zero attached hydrogens (tertiary/aromatic N) is 4. The van der Waals surface area contributed by atoms with Crippen LogP contribution in [-0.2, 0) is 0 Å². The van der Waals surface area contributed by atoms with E-state index < -0.39 is 0 Å². The Balaban J connectivity index is 1.59. The van der Waals surface area contributed by atoms with E-state index in [0.29, 0.717) is 23.7 Å². The molecular weight excluding hydrogens is 371 g/mol. The Morgan fingerprint density at radius 3 is 2.79 bits per heavy atom. The van der Waals surface area contributed by atoms with E-state index in [1.165, 1.54) is 12.3 Å². The van der Waals surface area contributed by atoms with E-state index >= 15 is 0 Å². The Bertz CT molecular complexity index is 1020. The number of nitrogens with two attached hydrogens (primary N) is 1. The summed E-state index contributed by atoms with van der Waals surface area (Å²) < 4.78 is 13.1. The summed E-state index contributed by atoms with van der Waals surface area (Å²) in [7, 11) is 0. The molecule has 0 bridgehead atoms. The first-order valence-corrected chi connectivity index (χ1v) is 9.39. The van der Waals surface area contributed by atoms with Crippen molar-refractivity contribution in [1.29, 1.82) is 0 Å². The average molecular weight is 392 g/mol. The number of hydrogen-bond acceptors (Lipinski definition) is 6. The molecule has 0 aliphatic carbocycles. The van der Waals surface area contributed by atoms with Crippen molar-refractivity contribution < 1.29 is 9.18 Å². The molecule has 1 saturated heterocycles. The quantitative estimate of drug-likeness (QED) is 0.704. The highest BCUT2D eigenvalue weighted by atomic mass is 19.1. The molecule has 1 amide bonds. The number of anilines is 3. The summed E-state index contributed by atoms with van der Waals surface area (Å²) in [5.41, 5.74) is 8.55. The first kappa shape index (κ1) is 18.8. The maximum absolute atomic E-state index is 13.1. The maximum atomic E-state index is 13.1. The normalized spacial score (nSPS) is 16.1. The van der Waals surface area contributed by atoms with Crippen molar-refractivity contribution in [2.24, 2.45) is 0 Å². The number of pyridine rings is 3. The van der Waals surface area contributed by atoms with Gasteiger partial charge in [-0.15, -0.1) is 0 Å². The van der Waals surface area contributed by atoms with E-state index in [9.17, 15) is 9.18 Å². The van der Waals surface area contributed by atoms with Gasteiger partial charge in [0.15, 0.2) is 0 Å². The van der Waals surface area contributed by atoms with Gasteiger partial charge in [-0.05, 0) is 56.2 Å². The van der Waals surface area contributed by atoms with E-state index in [1.54, 1.807) is 18.2 Å². The van der Waals surface area contributed by atoms with Crippen LogP contribution in [-0.4, -0.2) is 32.3 Å². The van der Waals surface area contributed by atoms with Gasteiger partial charge >= 0.3 is 0 Å². The van der Waals surface area contributed by atoms with Gasteiger partial charge in [0.25, 0.3) is 5.91 Å². The third-order valence-electron chi connectivity index (χ3n) is 4.86. The Morgan fingerprint density at radius 1 is 1.21 bits per heavy atom.